The minimum atomic E-state index is -0.233. The van der Waals surface area contributed by atoms with Crippen LogP contribution >= 0.6 is 0 Å². The lowest BCUT2D eigenvalue weighted by Crippen LogP contribution is -2.02. The van der Waals surface area contributed by atoms with Crippen molar-refractivity contribution < 1.29 is 0 Å². The fraction of sp³-hybridized carbons (Fsp3) is 0.250. The van der Waals surface area contributed by atoms with E-state index in [1.54, 1.807) is 7.40 Å². The van der Waals surface area contributed by atoms with Crippen molar-refractivity contribution in [1.29, 1.82) is 0 Å². The lowest BCUT2D eigenvalue weighted by Gasteiger charge is -2.08. The molecule has 0 unspecified atom stereocenters. The Labute approximate surface area is 114 Å². The molecule has 0 aromatic carbocycles. The van der Waals surface area contributed by atoms with Crippen molar-refractivity contribution in [2.24, 2.45) is 0 Å². The van der Waals surface area contributed by atoms with Gasteiger partial charge in [0.25, 0.3) is 0 Å². The van der Waals surface area contributed by atoms with Crippen LogP contribution in [0.1, 0.15) is 25.7 Å². The molecule has 2 aliphatic carbocycles. The quantitative estimate of drug-likeness (QED) is 0.476. The second kappa shape index (κ2) is 6.22. The number of allylic oxidation sites excluding steroid dienone is 10. The molecule has 0 fully saturated rings. The van der Waals surface area contributed by atoms with E-state index in [-0.39, 0.29) is 20.4 Å². The van der Waals surface area contributed by atoms with E-state index in [1.807, 2.05) is 12.2 Å². The number of hydrogen-bond acceptors (Lipinski definition) is 0. The molecule has 0 bridgehead atoms. The summed E-state index contributed by atoms with van der Waals surface area (Å²) < 4.78 is 3.43. The molecule has 0 amide bonds. The maximum atomic E-state index is 3.84. The first-order valence-electron chi connectivity index (χ1n) is 6.31. The third kappa shape index (κ3) is 3.11. The summed E-state index contributed by atoms with van der Waals surface area (Å²) >= 11 is -0.233. The Hall–Kier alpha value is -0.794. The molecule has 1 heteroatoms. The van der Waals surface area contributed by atoms with Gasteiger partial charge >= 0.3 is 20.4 Å². The molecule has 0 saturated carbocycles. The average molecular weight is 235 g/mol. The summed E-state index contributed by atoms with van der Waals surface area (Å²) in [6.45, 7) is 7.69. The highest BCUT2D eigenvalue weighted by Crippen LogP contribution is 2.28. The molecule has 0 aromatic rings. The van der Waals surface area contributed by atoms with Crippen molar-refractivity contribution >= 4 is 20.4 Å². The van der Waals surface area contributed by atoms with E-state index < -0.39 is 0 Å². The van der Waals surface area contributed by atoms with Crippen LogP contribution in [0.3, 0.4) is 0 Å². The van der Waals surface area contributed by atoms with Crippen LogP contribution in [0.15, 0.2) is 68.2 Å². The van der Waals surface area contributed by atoms with E-state index in [9.17, 15) is 0 Å². The maximum Gasteiger partial charge on any atom is 0.439 e. The van der Waals surface area contributed by atoms with E-state index in [0.29, 0.717) is 0 Å². The van der Waals surface area contributed by atoms with Gasteiger partial charge in [0.05, 0.1) is 0 Å². The van der Waals surface area contributed by atoms with Gasteiger partial charge in [-0.2, -0.15) is 7.40 Å². The van der Waals surface area contributed by atoms with Gasteiger partial charge in [0, 0.05) is 0 Å². The fourth-order valence-corrected chi connectivity index (χ4v) is 4.67. The largest absolute Gasteiger partial charge is 0.439 e. The van der Waals surface area contributed by atoms with Gasteiger partial charge in [0.15, 0.2) is 0 Å². The first-order chi connectivity index (χ1) is 8.35. The van der Waals surface area contributed by atoms with E-state index in [4.69, 9.17) is 0 Å². The first kappa shape index (κ1) is 12.7. The lowest BCUT2D eigenvalue weighted by molar-refractivity contribution is 1.24. The zero-order chi connectivity index (χ0) is 12.1. The highest BCUT2D eigenvalue weighted by atomic mass is 24.5. The minimum Gasteiger partial charge on any atom is -0.179 e. The fourth-order valence-electron chi connectivity index (χ4n) is 2.55. The van der Waals surface area contributed by atoms with Crippen molar-refractivity contribution in [3.63, 3.8) is 0 Å². The van der Waals surface area contributed by atoms with Crippen LogP contribution in [-0.4, -0.2) is 20.4 Å². The zero-order valence-electron chi connectivity index (χ0n) is 10.4. The highest BCUT2D eigenvalue weighted by Gasteiger charge is 2.16. The lowest BCUT2D eigenvalue weighted by atomic mass is 10.2. The third-order valence-corrected chi connectivity index (χ3v) is 5.77. The standard InChI is InChI=1S/2C8H9.Mg/c2*1-2-5-8-6-3-4-7-8;/h2*2-3,6H,1,4-5H2;. The molecule has 84 valence electrons. The Balaban J connectivity index is 2.11. The van der Waals surface area contributed by atoms with Crippen molar-refractivity contribution in [2.75, 3.05) is 0 Å². The molecule has 0 heterocycles. The summed E-state index contributed by atoms with van der Waals surface area (Å²) in [5, 5.41) is 0. The van der Waals surface area contributed by atoms with Gasteiger partial charge in [0.2, 0.25) is 0 Å². The van der Waals surface area contributed by atoms with Crippen LogP contribution in [0.4, 0.5) is 0 Å². The summed E-state index contributed by atoms with van der Waals surface area (Å²) in [5.74, 6) is 0. The van der Waals surface area contributed by atoms with Gasteiger partial charge in [-0.15, -0.1) is 13.2 Å². The molecule has 0 spiro atoms. The van der Waals surface area contributed by atoms with Crippen LogP contribution < -0.4 is 0 Å². The first-order valence-corrected chi connectivity index (χ1v) is 7.73. The van der Waals surface area contributed by atoms with Crippen LogP contribution in [0.2, 0.25) is 0 Å². The van der Waals surface area contributed by atoms with E-state index in [1.165, 1.54) is 24.0 Å². The highest BCUT2D eigenvalue weighted by molar-refractivity contribution is 6.54. The molecule has 0 nitrogen and oxygen atoms in total. The SMILES string of the molecule is C=CCC1=[C]([Mg][C]2=C(CC=C)C=CC2)CC=C1. The van der Waals surface area contributed by atoms with Gasteiger partial charge < -0.3 is 0 Å². The average Bonchev–Trinajstić information content (AvgIpc) is 2.92. The summed E-state index contributed by atoms with van der Waals surface area (Å²) in [5.41, 5.74) is 3.06. The predicted octanol–water partition coefficient (Wildman–Crippen LogP) is 4.27. The van der Waals surface area contributed by atoms with Gasteiger partial charge in [-0.25, -0.2) is 0 Å². The van der Waals surface area contributed by atoms with Gasteiger partial charge in [-0.1, -0.05) is 47.6 Å². The summed E-state index contributed by atoms with van der Waals surface area (Å²) in [4.78, 5) is 0. The monoisotopic (exact) mass is 234 g/mol. The second-order valence-electron chi connectivity index (χ2n) is 4.63. The number of hydrogen-bond donors (Lipinski definition) is 0. The van der Waals surface area contributed by atoms with Gasteiger partial charge in [0.1, 0.15) is 0 Å². The smallest absolute Gasteiger partial charge is 0.179 e. The molecule has 2 aliphatic rings. The van der Waals surface area contributed by atoms with E-state index in [2.05, 4.69) is 37.5 Å². The van der Waals surface area contributed by atoms with Gasteiger partial charge in [-0.3, -0.25) is 0 Å². The topological polar surface area (TPSA) is 0 Å². The van der Waals surface area contributed by atoms with Crippen LogP contribution in [0, 0.1) is 0 Å². The molecular weight excluding hydrogens is 216 g/mol. The minimum absolute atomic E-state index is 0.233. The van der Waals surface area contributed by atoms with Crippen molar-refractivity contribution in [2.45, 2.75) is 25.7 Å². The molecule has 0 atom stereocenters. The van der Waals surface area contributed by atoms with Crippen LogP contribution in [-0.2, 0) is 0 Å². The normalized spacial score (nSPS) is 17.9. The van der Waals surface area contributed by atoms with E-state index in [0.717, 1.165) is 12.8 Å². The number of rotatable bonds is 6. The van der Waals surface area contributed by atoms with Gasteiger partial charge in [-0.05, 0) is 25.7 Å². The second-order valence-corrected chi connectivity index (χ2v) is 6.69. The summed E-state index contributed by atoms with van der Waals surface area (Å²) in [6.07, 6.45) is 17.7. The van der Waals surface area contributed by atoms with Crippen LogP contribution in [0.5, 0.6) is 0 Å². The molecule has 17 heavy (non-hydrogen) atoms. The Bertz CT molecular complexity index is 402. The van der Waals surface area contributed by atoms with Crippen LogP contribution in [0.25, 0.3) is 0 Å². The Morgan fingerprint density at radius 2 is 1.41 bits per heavy atom. The molecule has 0 aliphatic heterocycles. The predicted molar refractivity (Wildman–Crippen MR) is 76.9 cm³/mol. The maximum absolute atomic E-state index is 3.84. The molecular formula is C16H18Mg. The zero-order valence-corrected chi connectivity index (χ0v) is 11.8. The Morgan fingerprint density at radius 1 is 0.941 bits per heavy atom. The summed E-state index contributed by atoms with van der Waals surface area (Å²) in [6, 6.07) is 0. The van der Waals surface area contributed by atoms with Crippen molar-refractivity contribution in [3.05, 3.63) is 68.2 Å². The van der Waals surface area contributed by atoms with E-state index >= 15 is 0 Å². The van der Waals surface area contributed by atoms with Crippen molar-refractivity contribution in [3.8, 4) is 0 Å². The molecule has 0 radical (unpaired) electrons. The molecule has 2 rings (SSSR count). The summed E-state index contributed by atoms with van der Waals surface area (Å²) in [7, 11) is 0. The third-order valence-electron chi connectivity index (χ3n) is 3.43. The molecule has 0 aromatic heterocycles. The molecule has 0 saturated heterocycles. The molecule has 0 N–H and O–H groups in total. The Kier molecular flexibility index (Phi) is 4.63. The Morgan fingerprint density at radius 3 is 1.82 bits per heavy atom. The van der Waals surface area contributed by atoms with Crippen molar-refractivity contribution in [1.82, 2.24) is 0 Å².